The quantitative estimate of drug-likeness (QED) is 0.0157. The van der Waals surface area contributed by atoms with E-state index in [2.05, 4.69) is 55.8 Å². The smallest absolute Gasteiger partial charge is 0.407 e. The second-order valence-electron chi connectivity index (χ2n) is 25.0. The Kier molecular flexibility index (Phi) is 26.4. The van der Waals surface area contributed by atoms with Gasteiger partial charge in [0, 0.05) is 72.5 Å². The van der Waals surface area contributed by atoms with E-state index >= 15 is 0 Å². The number of carbonyl (C=O) groups excluding carboxylic acids is 6. The molecule has 1 aliphatic carbocycles. The van der Waals surface area contributed by atoms with Crippen molar-refractivity contribution in [2.45, 2.75) is 96.4 Å². The Hall–Kier alpha value is -9.20. The molecule has 0 radical (unpaired) electrons. The third-order valence-corrected chi connectivity index (χ3v) is 17.0. The molecule has 24 nitrogen and oxygen atoms in total. The summed E-state index contributed by atoms with van der Waals surface area (Å²) in [6.45, 7) is 12.3. The topological polar surface area (TPSA) is 287 Å². The maximum Gasteiger partial charge on any atom is 0.407 e. The van der Waals surface area contributed by atoms with Crippen molar-refractivity contribution >= 4 is 80.6 Å². The number of ether oxygens (including phenoxy) is 10. The first-order valence-corrected chi connectivity index (χ1v) is 33.5. The van der Waals surface area contributed by atoms with Crippen molar-refractivity contribution in [2.75, 3.05) is 117 Å². The molecule has 524 valence electrons. The summed E-state index contributed by atoms with van der Waals surface area (Å²) in [6, 6.07) is 30.5. The first kappa shape index (κ1) is 73.1. The lowest BCUT2D eigenvalue weighted by atomic mass is 9.97. The minimum Gasteiger partial charge on any atom is -0.493 e. The van der Waals surface area contributed by atoms with Gasteiger partial charge in [-0.05, 0) is 110 Å². The molecule has 7 aromatic rings. The number of unbranched alkanes of at least 4 members (excludes halogenated alkanes) is 1. The number of nitrogens with zero attached hydrogens (tertiary/aromatic N) is 2. The predicted octanol–water partition coefficient (Wildman–Crippen LogP) is 10.6. The lowest BCUT2D eigenvalue weighted by Gasteiger charge is -2.25. The lowest BCUT2D eigenvalue weighted by molar-refractivity contribution is -0.132. The van der Waals surface area contributed by atoms with Crippen LogP contribution < -0.4 is 50.4 Å². The molecule has 6 amide bonds. The largest absolute Gasteiger partial charge is 0.493 e. The number of aromatic nitrogens is 2. The highest BCUT2D eigenvalue weighted by atomic mass is 35.5. The van der Waals surface area contributed by atoms with Crippen molar-refractivity contribution in [1.82, 2.24) is 31.2 Å². The molecular weight excluding hydrogens is 1280 g/mol. The monoisotopic (exact) mass is 1370 g/mol. The Labute approximate surface area is 575 Å². The zero-order valence-corrected chi connectivity index (χ0v) is 57.6. The van der Waals surface area contributed by atoms with E-state index in [1.807, 2.05) is 42.5 Å². The summed E-state index contributed by atoms with van der Waals surface area (Å²) in [6.07, 6.45) is 1.72. The summed E-state index contributed by atoms with van der Waals surface area (Å²) in [5, 5.41) is 15.6. The number of rotatable bonds is 36. The molecule has 1 unspecified atom stereocenters. The van der Waals surface area contributed by atoms with Crippen molar-refractivity contribution in [3.63, 3.8) is 0 Å². The van der Waals surface area contributed by atoms with Crippen molar-refractivity contribution in [3.05, 3.63) is 137 Å². The molecule has 0 spiro atoms. The lowest BCUT2D eigenvalue weighted by Crippen LogP contribution is -2.54. The Morgan fingerprint density at radius 3 is 1.99 bits per heavy atom. The van der Waals surface area contributed by atoms with E-state index in [-0.39, 0.29) is 88.5 Å². The zero-order valence-electron chi connectivity index (χ0n) is 56.8. The van der Waals surface area contributed by atoms with Gasteiger partial charge in [0.2, 0.25) is 23.5 Å². The van der Waals surface area contributed by atoms with E-state index in [0.29, 0.717) is 109 Å². The second-order valence-corrected chi connectivity index (χ2v) is 25.3. The fourth-order valence-electron chi connectivity index (χ4n) is 11.9. The van der Waals surface area contributed by atoms with Gasteiger partial charge in [-0.2, -0.15) is 0 Å². The van der Waals surface area contributed by atoms with Crippen molar-refractivity contribution in [2.24, 2.45) is 5.92 Å². The van der Waals surface area contributed by atoms with Crippen LogP contribution in [0.5, 0.6) is 23.0 Å². The molecule has 0 saturated carbocycles. The molecule has 9 rings (SSSR count). The minimum atomic E-state index is -1.03. The molecule has 6 N–H and O–H groups in total. The van der Waals surface area contributed by atoms with Crippen molar-refractivity contribution < 1.29 is 76.1 Å². The van der Waals surface area contributed by atoms with Crippen LogP contribution in [0.15, 0.2) is 109 Å². The average molecular weight is 1370 g/mol. The van der Waals surface area contributed by atoms with E-state index in [1.54, 1.807) is 82.1 Å². The fraction of sp³-hybridized carbons (Fsp3) is 0.438. The van der Waals surface area contributed by atoms with Crippen LogP contribution in [0.2, 0.25) is 0 Å². The molecule has 2 aliphatic rings. The van der Waals surface area contributed by atoms with Crippen LogP contribution in [-0.2, 0) is 49.4 Å². The minimum absolute atomic E-state index is 0.0156. The van der Waals surface area contributed by atoms with Gasteiger partial charge in [-0.15, -0.1) is 11.6 Å². The maximum atomic E-state index is 14.6. The van der Waals surface area contributed by atoms with Crippen LogP contribution in [0.4, 0.5) is 21.0 Å². The van der Waals surface area contributed by atoms with Crippen molar-refractivity contribution in [1.29, 1.82) is 0 Å². The van der Waals surface area contributed by atoms with E-state index in [4.69, 9.17) is 64.0 Å². The molecule has 3 atom stereocenters. The number of pyridine rings is 1. The Bertz CT molecular complexity index is 3830. The summed E-state index contributed by atoms with van der Waals surface area (Å²) in [5.41, 5.74) is 8.18. The van der Waals surface area contributed by atoms with Crippen molar-refractivity contribution in [3.8, 4) is 34.1 Å². The fourth-order valence-corrected chi connectivity index (χ4v) is 12.1. The molecule has 25 heteroatoms. The number of alkyl carbamates (subject to hydrolysis) is 2. The number of hydrogen-bond acceptors (Lipinski definition) is 17. The number of aromatic amines is 1. The van der Waals surface area contributed by atoms with Crippen LogP contribution in [0.3, 0.4) is 0 Å². The number of halogens is 1. The normalized spacial score (nSPS) is 13.9. The molecule has 2 aromatic heterocycles. The van der Waals surface area contributed by atoms with Crippen LogP contribution in [0.25, 0.3) is 32.9 Å². The number of H-pyrrole nitrogens is 1. The maximum absolute atomic E-state index is 14.6. The summed E-state index contributed by atoms with van der Waals surface area (Å²) >= 11 is 6.62. The highest BCUT2D eigenvalue weighted by Crippen LogP contribution is 2.48. The number of carbonyl (C=O) groups is 6. The molecule has 3 heterocycles. The molecular formula is C73H89ClN8O16. The summed E-state index contributed by atoms with van der Waals surface area (Å²) in [5.74, 6) is -0.364. The van der Waals surface area contributed by atoms with Gasteiger partial charge in [0.25, 0.3) is 5.91 Å². The number of nitrogens with one attached hydrogen (secondary N) is 6. The number of methoxy groups -OCH3 is 3. The number of fused-ring (bicyclic) bond motifs is 7. The predicted molar refractivity (Wildman–Crippen MR) is 372 cm³/mol. The number of hydrogen-bond donors (Lipinski definition) is 6. The SMILES string of the molecule is COc1cc2cc(C(=O)N3CC(CCl)c4c3cc(OCc3ccc(NC(=O)[C@H](CCCCNC(=O)OC(C)(C)C)NC(=O)[C@@H](NC(=O)CCOCCOCCOCCOCCNC(=O)OCC5c6ccccc6-c6ccccc65)C(C)C)cc3)c3ncccc43)[nH]c2c(OC)c1OC. The molecule has 0 saturated heterocycles. The Morgan fingerprint density at radius 1 is 0.694 bits per heavy atom. The van der Waals surface area contributed by atoms with Gasteiger partial charge in [0.1, 0.15) is 47.9 Å². The Morgan fingerprint density at radius 2 is 1.35 bits per heavy atom. The highest BCUT2D eigenvalue weighted by Gasteiger charge is 2.37. The summed E-state index contributed by atoms with van der Waals surface area (Å²) in [4.78, 5) is 90.4. The number of alkyl halides is 1. The van der Waals surface area contributed by atoms with E-state index in [1.165, 1.54) is 32.5 Å². The standard InChI is InChI=1S/C73H89ClN8O16/c1-45(2)63(81-61(83)26-30-92-32-34-94-36-37-95-35-33-93-31-29-77-71(87)97-44-55-52-18-11-9-16-50(52)51-17-10-12-19-53(51)55)69(85)80-56(21-13-14-27-76-72(88)98-73(3,4)5)68(84)78-49-24-22-46(23-25-49)43-96-59-40-58-62(54-20-15-28-75-65(54)59)48(41-74)42-82(58)70(86)57-38-47-39-60(89-6)66(90-7)67(91-8)64(47)79-57/h9-12,15-20,22-25,28,38-40,45,48,55-56,63,79H,13-14,21,26-27,29-37,41-44H2,1-8H3,(H,76,88)(H,77,87)(H,78,84)(H,80,85)(H,81,83)/t48?,56-,63-/m0/s1. The highest BCUT2D eigenvalue weighted by molar-refractivity contribution is 6.19. The molecule has 5 aromatic carbocycles. The third-order valence-electron chi connectivity index (χ3n) is 16.6. The summed E-state index contributed by atoms with van der Waals surface area (Å²) in [7, 11) is 4.57. The van der Waals surface area contributed by atoms with Gasteiger partial charge in [-0.1, -0.05) is 80.6 Å². The number of anilines is 2. The molecule has 0 bridgehead atoms. The van der Waals surface area contributed by atoms with Crippen LogP contribution in [0.1, 0.15) is 105 Å². The van der Waals surface area contributed by atoms with Gasteiger partial charge in [-0.3, -0.25) is 24.2 Å². The third kappa shape index (κ3) is 19.1. The van der Waals surface area contributed by atoms with Crippen LogP contribution >= 0.6 is 11.6 Å². The zero-order chi connectivity index (χ0) is 69.7. The number of benzene rings is 5. The van der Waals surface area contributed by atoms with Gasteiger partial charge in [0.15, 0.2) is 11.5 Å². The first-order valence-electron chi connectivity index (χ1n) is 33.0. The molecule has 1 aliphatic heterocycles. The first-order chi connectivity index (χ1) is 47.4. The van der Waals surface area contributed by atoms with Gasteiger partial charge in [-0.25, -0.2) is 9.59 Å². The van der Waals surface area contributed by atoms with Gasteiger partial charge in [0.05, 0.1) is 85.4 Å². The Balaban J connectivity index is 0.709. The molecule has 98 heavy (non-hydrogen) atoms. The van der Waals surface area contributed by atoms with Gasteiger partial charge >= 0.3 is 12.2 Å². The van der Waals surface area contributed by atoms with Crippen LogP contribution in [-0.4, -0.2) is 170 Å². The average Bonchev–Trinajstić information content (AvgIpc) is 1.58. The number of amides is 6. The van der Waals surface area contributed by atoms with Gasteiger partial charge < -0.3 is 83.8 Å². The van der Waals surface area contributed by atoms with Crippen LogP contribution in [0, 0.1) is 5.92 Å². The molecule has 0 fully saturated rings. The summed E-state index contributed by atoms with van der Waals surface area (Å²) < 4.78 is 56.7. The van der Waals surface area contributed by atoms with E-state index in [0.717, 1.165) is 27.6 Å². The van der Waals surface area contributed by atoms with E-state index < -0.39 is 47.6 Å². The second kappa shape index (κ2) is 35.3. The van der Waals surface area contributed by atoms with E-state index in [9.17, 15) is 28.8 Å².